The number of ketones is 1. The Balaban J connectivity index is 2.48. The second-order valence-corrected chi connectivity index (χ2v) is 4.28. The van der Waals surface area contributed by atoms with Crippen molar-refractivity contribution < 1.29 is 4.79 Å². The zero-order valence-electron chi connectivity index (χ0n) is 10.6. The summed E-state index contributed by atoms with van der Waals surface area (Å²) >= 11 is 0. The van der Waals surface area contributed by atoms with Crippen LogP contribution in [0.2, 0.25) is 0 Å². The number of nitrogens with zero attached hydrogens (tertiary/aromatic N) is 2. The Morgan fingerprint density at radius 1 is 1.62 bits per heavy atom. The van der Waals surface area contributed by atoms with E-state index in [-0.39, 0.29) is 11.8 Å². The Hall–Kier alpha value is -1.16. The highest BCUT2D eigenvalue weighted by Gasteiger charge is 2.11. The van der Waals surface area contributed by atoms with Crippen LogP contribution in [0, 0.1) is 6.92 Å². The minimum atomic E-state index is 0.256. The van der Waals surface area contributed by atoms with Crippen molar-refractivity contribution in [3.63, 3.8) is 0 Å². The van der Waals surface area contributed by atoms with Gasteiger partial charge in [-0.1, -0.05) is 6.92 Å². The van der Waals surface area contributed by atoms with Gasteiger partial charge in [0.1, 0.15) is 5.78 Å². The van der Waals surface area contributed by atoms with Crippen molar-refractivity contribution in [3.05, 3.63) is 17.5 Å². The van der Waals surface area contributed by atoms with Gasteiger partial charge in [0.15, 0.2) is 0 Å². The summed E-state index contributed by atoms with van der Waals surface area (Å²) in [6.45, 7) is 6.93. The fourth-order valence-electron chi connectivity index (χ4n) is 1.87. The zero-order chi connectivity index (χ0) is 12.1. The number of Topliss-reactive ketones (excluding diaryl/α,β-unsaturated/α-hetero) is 1. The average molecular weight is 223 g/mol. The van der Waals surface area contributed by atoms with Gasteiger partial charge >= 0.3 is 0 Å². The van der Waals surface area contributed by atoms with Crippen LogP contribution in [0.4, 0.5) is 0 Å². The van der Waals surface area contributed by atoms with Crippen LogP contribution in [0.5, 0.6) is 0 Å². The average Bonchev–Trinajstić information content (AvgIpc) is 2.44. The summed E-state index contributed by atoms with van der Waals surface area (Å²) in [6.07, 6.45) is 1.06. The molecule has 0 spiro atoms. The number of aromatic nitrogens is 2. The monoisotopic (exact) mass is 223 g/mol. The lowest BCUT2D eigenvalue weighted by Gasteiger charge is -2.10. The van der Waals surface area contributed by atoms with E-state index < -0.39 is 0 Å². The number of rotatable bonds is 6. The third-order valence-electron chi connectivity index (χ3n) is 2.56. The van der Waals surface area contributed by atoms with Crippen LogP contribution in [0.1, 0.15) is 31.7 Å². The molecule has 0 aliphatic heterocycles. The zero-order valence-corrected chi connectivity index (χ0v) is 10.6. The quantitative estimate of drug-likeness (QED) is 0.789. The molecule has 0 amide bonds. The van der Waals surface area contributed by atoms with Gasteiger partial charge in [-0.2, -0.15) is 5.10 Å². The van der Waals surface area contributed by atoms with E-state index in [0.717, 1.165) is 17.9 Å². The third kappa shape index (κ3) is 3.77. The molecular formula is C12H21N3O. The molecule has 4 heteroatoms. The normalized spacial score (nSPS) is 12.8. The number of carbonyl (C=O) groups is 1. The summed E-state index contributed by atoms with van der Waals surface area (Å²) in [6, 6.07) is 2.22. The van der Waals surface area contributed by atoms with E-state index in [9.17, 15) is 4.79 Å². The molecule has 1 atom stereocenters. The van der Waals surface area contributed by atoms with Gasteiger partial charge in [0, 0.05) is 31.6 Å². The number of aryl methyl sites for hydroxylation is 2. The molecule has 4 nitrogen and oxygen atoms in total. The Morgan fingerprint density at radius 2 is 2.31 bits per heavy atom. The summed E-state index contributed by atoms with van der Waals surface area (Å²) in [4.78, 5) is 11.8. The maximum Gasteiger partial charge on any atom is 0.140 e. The van der Waals surface area contributed by atoms with Crippen LogP contribution >= 0.6 is 0 Å². The third-order valence-corrected chi connectivity index (χ3v) is 2.56. The fraction of sp³-hybridized carbons (Fsp3) is 0.667. The Morgan fingerprint density at radius 3 is 2.81 bits per heavy atom. The summed E-state index contributed by atoms with van der Waals surface area (Å²) < 4.78 is 1.78. The van der Waals surface area contributed by atoms with Crippen molar-refractivity contribution in [1.82, 2.24) is 15.1 Å². The lowest BCUT2D eigenvalue weighted by Crippen LogP contribution is -2.28. The van der Waals surface area contributed by atoms with Gasteiger partial charge in [-0.15, -0.1) is 0 Å². The largest absolute Gasteiger partial charge is 0.314 e. The Kier molecular flexibility index (Phi) is 4.68. The van der Waals surface area contributed by atoms with Gasteiger partial charge in [0.25, 0.3) is 0 Å². The van der Waals surface area contributed by atoms with Gasteiger partial charge in [0.2, 0.25) is 0 Å². The second-order valence-electron chi connectivity index (χ2n) is 4.28. The van der Waals surface area contributed by atoms with Crippen LogP contribution in [0.25, 0.3) is 0 Å². The molecule has 0 aromatic carbocycles. The van der Waals surface area contributed by atoms with E-state index in [2.05, 4.69) is 10.4 Å². The van der Waals surface area contributed by atoms with Crippen LogP contribution < -0.4 is 5.32 Å². The van der Waals surface area contributed by atoms with Gasteiger partial charge in [0.05, 0.1) is 5.69 Å². The minimum Gasteiger partial charge on any atom is -0.314 e. The minimum absolute atomic E-state index is 0.256. The van der Waals surface area contributed by atoms with Crippen LogP contribution in [0.3, 0.4) is 0 Å². The summed E-state index contributed by atoms with van der Waals surface area (Å²) in [5, 5.41) is 7.47. The summed E-state index contributed by atoms with van der Waals surface area (Å²) in [5.74, 6) is 0.261. The van der Waals surface area contributed by atoms with Crippen LogP contribution in [-0.4, -0.2) is 28.2 Å². The van der Waals surface area contributed by atoms with Gasteiger partial charge in [-0.3, -0.25) is 9.48 Å². The first-order valence-corrected chi connectivity index (χ1v) is 5.77. The summed E-state index contributed by atoms with van der Waals surface area (Å²) in [5.41, 5.74) is 1.95. The Labute approximate surface area is 97.0 Å². The van der Waals surface area contributed by atoms with E-state index in [4.69, 9.17) is 0 Å². The van der Waals surface area contributed by atoms with Crippen LogP contribution in [-0.2, 0) is 18.3 Å². The molecule has 0 aliphatic carbocycles. The molecule has 1 rings (SSSR count). The van der Waals surface area contributed by atoms with Crippen molar-refractivity contribution in [2.75, 3.05) is 6.54 Å². The van der Waals surface area contributed by atoms with Crippen molar-refractivity contribution in [1.29, 1.82) is 0 Å². The first-order valence-electron chi connectivity index (χ1n) is 5.77. The van der Waals surface area contributed by atoms with E-state index >= 15 is 0 Å². The highest BCUT2D eigenvalue weighted by Crippen LogP contribution is 2.05. The lowest BCUT2D eigenvalue weighted by molar-refractivity contribution is -0.118. The van der Waals surface area contributed by atoms with E-state index in [1.807, 2.05) is 33.9 Å². The van der Waals surface area contributed by atoms with E-state index in [0.29, 0.717) is 12.8 Å². The predicted molar refractivity (Wildman–Crippen MR) is 64.4 cm³/mol. The first-order chi connectivity index (χ1) is 7.52. The highest BCUT2D eigenvalue weighted by atomic mass is 16.1. The van der Waals surface area contributed by atoms with Crippen molar-refractivity contribution >= 4 is 5.78 Å². The molecule has 1 N–H and O–H groups in total. The first kappa shape index (κ1) is 12.9. The number of carbonyl (C=O) groups excluding carboxylic acids is 1. The van der Waals surface area contributed by atoms with Crippen molar-refractivity contribution in [2.24, 2.45) is 7.05 Å². The highest BCUT2D eigenvalue weighted by molar-refractivity contribution is 5.81. The predicted octanol–water partition coefficient (Wildman–Crippen LogP) is 1.23. The molecule has 0 fully saturated rings. The molecule has 1 aromatic rings. The van der Waals surface area contributed by atoms with Gasteiger partial charge in [-0.25, -0.2) is 0 Å². The topological polar surface area (TPSA) is 46.9 Å². The number of hydrogen-bond donors (Lipinski definition) is 1. The van der Waals surface area contributed by atoms with Crippen LogP contribution in [0.15, 0.2) is 6.07 Å². The molecule has 0 radical (unpaired) electrons. The molecule has 90 valence electrons. The smallest absolute Gasteiger partial charge is 0.140 e. The molecule has 1 unspecified atom stereocenters. The molecular weight excluding hydrogens is 202 g/mol. The fourth-order valence-corrected chi connectivity index (χ4v) is 1.87. The van der Waals surface area contributed by atoms with Crippen molar-refractivity contribution in [3.8, 4) is 0 Å². The molecule has 16 heavy (non-hydrogen) atoms. The molecule has 0 saturated carbocycles. The number of nitrogens with one attached hydrogen (secondary N) is 1. The van der Waals surface area contributed by atoms with E-state index in [1.54, 1.807) is 4.68 Å². The maximum atomic E-state index is 11.8. The van der Waals surface area contributed by atoms with Gasteiger partial charge < -0.3 is 5.32 Å². The second kappa shape index (κ2) is 5.80. The Bertz CT molecular complexity index is 357. The number of hydrogen-bond acceptors (Lipinski definition) is 3. The van der Waals surface area contributed by atoms with Gasteiger partial charge in [-0.05, 0) is 26.5 Å². The van der Waals surface area contributed by atoms with E-state index in [1.165, 1.54) is 0 Å². The maximum absolute atomic E-state index is 11.8. The molecule has 0 aliphatic rings. The SMILES string of the molecule is CCNC(C)CC(=O)Cc1cc(C)nn1C. The van der Waals surface area contributed by atoms with Crippen molar-refractivity contribution in [2.45, 2.75) is 39.7 Å². The summed E-state index contributed by atoms with van der Waals surface area (Å²) in [7, 11) is 1.88. The molecule has 1 heterocycles. The lowest BCUT2D eigenvalue weighted by atomic mass is 10.1. The molecule has 0 saturated heterocycles. The molecule has 1 aromatic heterocycles. The molecule has 0 bridgehead atoms. The standard InChI is InChI=1S/C12H21N3O/c1-5-13-9(2)7-12(16)8-11-6-10(3)14-15(11)4/h6,9,13H,5,7-8H2,1-4H3.